The maximum atomic E-state index is 3.67. The van der Waals surface area contributed by atoms with Crippen molar-refractivity contribution in [1.82, 2.24) is 10.2 Å². The number of nitrogens with one attached hydrogen (secondary N) is 1. The van der Waals surface area contributed by atoms with E-state index in [2.05, 4.69) is 54.4 Å². The van der Waals surface area contributed by atoms with Gasteiger partial charge < -0.3 is 5.32 Å². The number of unbranched alkanes of at least 4 members (excludes halogenated alkanes) is 6. The number of rotatable bonds is 10. The van der Waals surface area contributed by atoms with Crippen molar-refractivity contribution in [3.05, 3.63) is 35.9 Å². The van der Waals surface area contributed by atoms with Crippen LogP contribution >= 0.6 is 0 Å². The van der Waals surface area contributed by atoms with Crippen molar-refractivity contribution in [3.63, 3.8) is 0 Å². The van der Waals surface area contributed by atoms with Crippen LogP contribution in [0.15, 0.2) is 30.3 Å². The molecule has 0 saturated carbocycles. The molecule has 1 heterocycles. The van der Waals surface area contributed by atoms with Gasteiger partial charge in [0, 0.05) is 31.7 Å². The van der Waals surface area contributed by atoms with Gasteiger partial charge in [0.25, 0.3) is 0 Å². The van der Waals surface area contributed by atoms with Gasteiger partial charge in [-0.15, -0.1) is 0 Å². The molecule has 1 aliphatic heterocycles. The number of benzene rings is 1. The van der Waals surface area contributed by atoms with E-state index in [-0.39, 0.29) is 0 Å². The largest absolute Gasteiger partial charge is 0.311 e. The second kappa shape index (κ2) is 10.8. The Balaban J connectivity index is 1.72. The molecule has 0 aromatic heterocycles. The minimum atomic E-state index is 0.615. The topological polar surface area (TPSA) is 15.3 Å². The molecule has 0 spiro atoms. The number of hydrogen-bond donors (Lipinski definition) is 1. The lowest BCUT2D eigenvalue weighted by Crippen LogP contribution is -2.54. The summed E-state index contributed by atoms with van der Waals surface area (Å²) >= 11 is 0. The average Bonchev–Trinajstić information content (AvgIpc) is 2.57. The molecule has 0 unspecified atom stereocenters. The maximum Gasteiger partial charge on any atom is 0.0237 e. The summed E-state index contributed by atoms with van der Waals surface area (Å²) in [7, 11) is 0. The minimum Gasteiger partial charge on any atom is -0.311 e. The lowest BCUT2D eigenvalue weighted by molar-refractivity contribution is 0.118. The fraction of sp³-hybridized carbons (Fsp3) is 0.714. The fourth-order valence-corrected chi connectivity index (χ4v) is 3.66. The van der Waals surface area contributed by atoms with Crippen molar-refractivity contribution in [3.8, 4) is 0 Å². The van der Waals surface area contributed by atoms with Gasteiger partial charge >= 0.3 is 0 Å². The third-order valence-electron chi connectivity index (χ3n) is 5.10. The molecular weight excluding hydrogens is 280 g/mol. The van der Waals surface area contributed by atoms with E-state index in [1.165, 1.54) is 63.5 Å². The molecule has 0 amide bonds. The van der Waals surface area contributed by atoms with Crippen LogP contribution in [0.1, 0.15) is 70.8 Å². The zero-order valence-corrected chi connectivity index (χ0v) is 15.3. The first-order chi connectivity index (χ1) is 11.3. The Morgan fingerprint density at radius 2 is 1.70 bits per heavy atom. The van der Waals surface area contributed by atoms with E-state index in [1.54, 1.807) is 0 Å². The zero-order chi connectivity index (χ0) is 16.3. The standard InChI is InChI=1S/C21H36N2/c1-3-4-5-6-7-8-12-15-21-16-22-19(2)17-23(21)18-20-13-10-9-11-14-20/h9-11,13-14,19,21-22H,3-8,12,15-18H2,1-2H3/t19-,21-/m1/s1. The molecule has 0 aliphatic carbocycles. The first kappa shape index (κ1) is 18.5. The SMILES string of the molecule is CCCCCCCCC[C@@H]1CN[C@H](C)CN1Cc1ccccc1. The molecule has 1 aromatic rings. The molecule has 1 saturated heterocycles. The van der Waals surface area contributed by atoms with E-state index in [0.717, 1.165) is 13.1 Å². The van der Waals surface area contributed by atoms with Gasteiger partial charge in [-0.2, -0.15) is 0 Å². The van der Waals surface area contributed by atoms with Crippen LogP contribution in [0.4, 0.5) is 0 Å². The van der Waals surface area contributed by atoms with Crippen LogP contribution in [0.2, 0.25) is 0 Å². The third-order valence-corrected chi connectivity index (χ3v) is 5.10. The van der Waals surface area contributed by atoms with Crippen molar-refractivity contribution in [2.45, 2.75) is 83.8 Å². The van der Waals surface area contributed by atoms with E-state index < -0.39 is 0 Å². The van der Waals surface area contributed by atoms with E-state index in [0.29, 0.717) is 12.1 Å². The van der Waals surface area contributed by atoms with E-state index >= 15 is 0 Å². The highest BCUT2D eigenvalue weighted by molar-refractivity contribution is 5.14. The van der Waals surface area contributed by atoms with Crippen LogP contribution in [-0.2, 0) is 6.54 Å². The lowest BCUT2D eigenvalue weighted by atomic mass is 10.0. The normalized spacial score (nSPS) is 22.3. The summed E-state index contributed by atoms with van der Waals surface area (Å²) in [5.41, 5.74) is 1.45. The van der Waals surface area contributed by atoms with Gasteiger partial charge in [-0.25, -0.2) is 0 Å². The quantitative estimate of drug-likeness (QED) is 0.612. The molecule has 2 atom stereocenters. The molecule has 1 aliphatic rings. The summed E-state index contributed by atoms with van der Waals surface area (Å²) < 4.78 is 0. The molecule has 2 heteroatoms. The predicted molar refractivity (Wildman–Crippen MR) is 101 cm³/mol. The Morgan fingerprint density at radius 3 is 2.43 bits per heavy atom. The van der Waals surface area contributed by atoms with Gasteiger partial charge in [0.1, 0.15) is 0 Å². The molecule has 1 N–H and O–H groups in total. The van der Waals surface area contributed by atoms with Crippen LogP contribution in [0.3, 0.4) is 0 Å². The van der Waals surface area contributed by atoms with Crippen molar-refractivity contribution < 1.29 is 0 Å². The summed E-state index contributed by atoms with van der Waals surface area (Å²) in [6.45, 7) is 8.04. The zero-order valence-electron chi connectivity index (χ0n) is 15.3. The Morgan fingerprint density at radius 1 is 1.00 bits per heavy atom. The average molecular weight is 317 g/mol. The van der Waals surface area contributed by atoms with Crippen molar-refractivity contribution in [1.29, 1.82) is 0 Å². The van der Waals surface area contributed by atoms with Crippen molar-refractivity contribution in [2.75, 3.05) is 13.1 Å². The van der Waals surface area contributed by atoms with Gasteiger partial charge in [-0.1, -0.05) is 82.2 Å². The van der Waals surface area contributed by atoms with Crippen LogP contribution < -0.4 is 5.32 Å². The number of piperazine rings is 1. The second-order valence-corrected chi connectivity index (χ2v) is 7.29. The highest BCUT2D eigenvalue weighted by Crippen LogP contribution is 2.18. The summed E-state index contributed by atoms with van der Waals surface area (Å²) in [5.74, 6) is 0. The molecule has 130 valence electrons. The molecular formula is C21H36N2. The van der Waals surface area contributed by atoms with Gasteiger partial charge in [0.15, 0.2) is 0 Å². The number of nitrogens with zero attached hydrogens (tertiary/aromatic N) is 1. The maximum absolute atomic E-state index is 3.67. The highest BCUT2D eigenvalue weighted by Gasteiger charge is 2.25. The Kier molecular flexibility index (Phi) is 8.70. The Labute approximate surface area is 143 Å². The summed E-state index contributed by atoms with van der Waals surface area (Å²) in [6.07, 6.45) is 11.2. The van der Waals surface area contributed by atoms with E-state index in [9.17, 15) is 0 Å². The van der Waals surface area contributed by atoms with Gasteiger partial charge in [-0.05, 0) is 18.9 Å². The predicted octanol–water partition coefficient (Wildman–Crippen LogP) is 4.99. The lowest BCUT2D eigenvalue weighted by Gasteiger charge is -2.39. The summed E-state index contributed by atoms with van der Waals surface area (Å²) in [5, 5.41) is 3.67. The molecule has 1 fully saturated rings. The van der Waals surface area contributed by atoms with Crippen molar-refractivity contribution in [2.24, 2.45) is 0 Å². The first-order valence-electron chi connectivity index (χ1n) is 9.81. The van der Waals surface area contributed by atoms with Crippen molar-refractivity contribution >= 4 is 0 Å². The summed E-state index contributed by atoms with van der Waals surface area (Å²) in [4.78, 5) is 2.70. The fourth-order valence-electron chi connectivity index (χ4n) is 3.66. The summed E-state index contributed by atoms with van der Waals surface area (Å²) in [6, 6.07) is 12.3. The highest BCUT2D eigenvalue weighted by atomic mass is 15.2. The van der Waals surface area contributed by atoms with Crippen LogP contribution in [-0.4, -0.2) is 30.1 Å². The number of hydrogen-bond acceptors (Lipinski definition) is 2. The monoisotopic (exact) mass is 316 g/mol. The minimum absolute atomic E-state index is 0.615. The molecule has 23 heavy (non-hydrogen) atoms. The van der Waals surface area contributed by atoms with E-state index in [4.69, 9.17) is 0 Å². The molecule has 0 radical (unpaired) electrons. The smallest absolute Gasteiger partial charge is 0.0237 e. The first-order valence-corrected chi connectivity index (χ1v) is 9.81. The van der Waals surface area contributed by atoms with Crippen LogP contribution in [0.5, 0.6) is 0 Å². The van der Waals surface area contributed by atoms with Crippen LogP contribution in [0, 0.1) is 0 Å². The molecule has 0 bridgehead atoms. The van der Waals surface area contributed by atoms with Gasteiger partial charge in [0.2, 0.25) is 0 Å². The van der Waals surface area contributed by atoms with Crippen LogP contribution in [0.25, 0.3) is 0 Å². The molecule has 2 nitrogen and oxygen atoms in total. The molecule has 2 rings (SSSR count). The Bertz CT molecular complexity index is 404. The van der Waals surface area contributed by atoms with Gasteiger partial charge in [-0.3, -0.25) is 4.90 Å². The van der Waals surface area contributed by atoms with E-state index in [1.807, 2.05) is 0 Å². The second-order valence-electron chi connectivity index (χ2n) is 7.29. The molecule has 1 aromatic carbocycles. The Hall–Kier alpha value is -0.860. The third kappa shape index (κ3) is 7.05. The van der Waals surface area contributed by atoms with Gasteiger partial charge in [0.05, 0.1) is 0 Å².